The summed E-state index contributed by atoms with van der Waals surface area (Å²) in [7, 11) is 0. The minimum Gasteiger partial charge on any atom is -0.475 e. The van der Waals surface area contributed by atoms with Gasteiger partial charge in [-0.05, 0) is 35.2 Å². The van der Waals surface area contributed by atoms with Crippen molar-refractivity contribution in [3.05, 3.63) is 53.5 Å². The maximum Gasteiger partial charge on any atom is 0.371 e. The van der Waals surface area contributed by atoms with Crippen molar-refractivity contribution < 1.29 is 14.3 Å². The number of carboxylic acids is 1. The molecule has 0 aliphatic rings. The molecule has 106 valence electrons. The second-order valence-electron chi connectivity index (χ2n) is 5.63. The van der Waals surface area contributed by atoms with E-state index in [0.29, 0.717) is 11.5 Å². The molecule has 1 aromatic carbocycles. The van der Waals surface area contributed by atoms with Crippen LogP contribution in [0.15, 0.2) is 45.7 Å². The van der Waals surface area contributed by atoms with E-state index >= 15 is 0 Å². The van der Waals surface area contributed by atoms with Crippen molar-refractivity contribution in [2.75, 3.05) is 0 Å². The van der Waals surface area contributed by atoms with Crippen LogP contribution in [0.1, 0.15) is 42.6 Å². The molecule has 1 aromatic heterocycles. The van der Waals surface area contributed by atoms with Gasteiger partial charge in [0.15, 0.2) is 0 Å². The number of carbonyl (C=O) groups is 1. The fraction of sp³-hybridized carbons (Fsp3) is 0.312. The minimum absolute atomic E-state index is 0.0105. The predicted octanol–water partition coefficient (Wildman–Crippen LogP) is 4.57. The van der Waals surface area contributed by atoms with E-state index in [9.17, 15) is 4.79 Å². The fourth-order valence-electron chi connectivity index (χ4n) is 1.78. The van der Waals surface area contributed by atoms with Crippen molar-refractivity contribution >= 4 is 17.7 Å². The zero-order chi connectivity index (χ0) is 14.8. The Kier molecular flexibility index (Phi) is 4.23. The molecule has 3 nitrogen and oxygen atoms in total. The number of hydrogen-bond donors (Lipinski definition) is 1. The molecule has 0 aliphatic carbocycles. The van der Waals surface area contributed by atoms with Gasteiger partial charge < -0.3 is 9.52 Å². The molecule has 0 spiro atoms. The number of benzene rings is 1. The van der Waals surface area contributed by atoms with E-state index in [1.807, 2.05) is 0 Å². The summed E-state index contributed by atoms with van der Waals surface area (Å²) >= 11 is 1.63. The van der Waals surface area contributed by atoms with Crippen LogP contribution < -0.4 is 0 Å². The monoisotopic (exact) mass is 290 g/mol. The van der Waals surface area contributed by atoms with Crippen LogP contribution in [0.2, 0.25) is 0 Å². The molecule has 1 heterocycles. The van der Waals surface area contributed by atoms with Crippen molar-refractivity contribution in [1.82, 2.24) is 0 Å². The molecule has 0 aliphatic heterocycles. The van der Waals surface area contributed by atoms with Gasteiger partial charge in [-0.1, -0.05) is 32.9 Å². The Hall–Kier alpha value is -1.68. The third-order valence-electron chi connectivity index (χ3n) is 2.97. The zero-order valence-electron chi connectivity index (χ0n) is 11.8. The second kappa shape index (κ2) is 5.75. The molecular formula is C16H18O3S. The van der Waals surface area contributed by atoms with Crippen LogP contribution in [0, 0.1) is 0 Å². The van der Waals surface area contributed by atoms with Gasteiger partial charge in [-0.3, -0.25) is 0 Å². The average molecular weight is 290 g/mol. The lowest BCUT2D eigenvalue weighted by atomic mass is 9.87. The van der Waals surface area contributed by atoms with Crippen LogP contribution >= 0.6 is 11.8 Å². The van der Waals surface area contributed by atoms with E-state index in [1.54, 1.807) is 17.8 Å². The molecule has 0 saturated heterocycles. The highest BCUT2D eigenvalue weighted by molar-refractivity contribution is 7.98. The smallest absolute Gasteiger partial charge is 0.371 e. The summed E-state index contributed by atoms with van der Waals surface area (Å²) in [5, 5.41) is 8.79. The lowest BCUT2D eigenvalue weighted by Gasteiger charge is -2.18. The van der Waals surface area contributed by atoms with E-state index in [-0.39, 0.29) is 11.2 Å². The number of aromatic carboxylic acids is 1. The van der Waals surface area contributed by atoms with E-state index in [4.69, 9.17) is 9.52 Å². The summed E-state index contributed by atoms with van der Waals surface area (Å²) in [6.45, 7) is 6.56. The number of rotatable bonds is 4. The normalized spacial score (nSPS) is 11.6. The molecule has 4 heteroatoms. The second-order valence-corrected chi connectivity index (χ2v) is 6.68. The van der Waals surface area contributed by atoms with Crippen molar-refractivity contribution in [1.29, 1.82) is 0 Å². The quantitative estimate of drug-likeness (QED) is 0.838. The number of thioether (sulfide) groups is 1. The van der Waals surface area contributed by atoms with Crippen LogP contribution in [0.4, 0.5) is 0 Å². The van der Waals surface area contributed by atoms with Gasteiger partial charge in [0.2, 0.25) is 5.76 Å². The Morgan fingerprint density at radius 1 is 1.15 bits per heavy atom. The Balaban J connectivity index is 1.98. The highest BCUT2D eigenvalue weighted by atomic mass is 32.2. The average Bonchev–Trinajstić information content (AvgIpc) is 2.85. The van der Waals surface area contributed by atoms with Crippen molar-refractivity contribution in [3.63, 3.8) is 0 Å². The van der Waals surface area contributed by atoms with Gasteiger partial charge >= 0.3 is 5.97 Å². The number of furan rings is 1. The minimum atomic E-state index is -1.03. The Labute approximate surface area is 123 Å². The molecule has 2 aromatic rings. The largest absolute Gasteiger partial charge is 0.475 e. The first-order valence-corrected chi connectivity index (χ1v) is 7.40. The summed E-state index contributed by atoms with van der Waals surface area (Å²) in [6.07, 6.45) is 0. The van der Waals surface area contributed by atoms with E-state index in [0.717, 1.165) is 4.90 Å². The molecule has 1 N–H and O–H groups in total. The van der Waals surface area contributed by atoms with Crippen LogP contribution in [0.5, 0.6) is 0 Å². The van der Waals surface area contributed by atoms with Crippen molar-refractivity contribution in [3.8, 4) is 0 Å². The van der Waals surface area contributed by atoms with E-state index in [2.05, 4.69) is 45.0 Å². The first-order valence-electron chi connectivity index (χ1n) is 6.41. The molecule has 2 rings (SSSR count). The van der Waals surface area contributed by atoms with Gasteiger partial charge in [0.1, 0.15) is 5.76 Å². The number of hydrogen-bond acceptors (Lipinski definition) is 3. The van der Waals surface area contributed by atoms with Crippen LogP contribution in [-0.2, 0) is 11.2 Å². The van der Waals surface area contributed by atoms with Gasteiger partial charge in [-0.25, -0.2) is 4.79 Å². The maximum atomic E-state index is 10.7. The Bertz CT molecular complexity index is 591. The molecular weight excluding hydrogens is 272 g/mol. The molecule has 20 heavy (non-hydrogen) atoms. The first kappa shape index (κ1) is 14.7. The molecule has 0 atom stereocenters. The third kappa shape index (κ3) is 3.67. The van der Waals surface area contributed by atoms with Crippen LogP contribution in [-0.4, -0.2) is 11.1 Å². The van der Waals surface area contributed by atoms with E-state index in [1.165, 1.54) is 11.6 Å². The molecule has 0 amide bonds. The standard InChI is InChI=1S/C16H18O3S/c1-16(2,3)11-4-7-13(8-5-11)20-10-12-6-9-14(19-12)15(17)18/h4-9H,10H2,1-3H3,(H,17,18). The molecule has 0 bridgehead atoms. The summed E-state index contributed by atoms with van der Waals surface area (Å²) in [6, 6.07) is 11.6. The molecule has 0 fully saturated rings. The van der Waals surface area contributed by atoms with Gasteiger partial charge in [0.05, 0.1) is 5.75 Å². The molecule has 0 saturated carbocycles. The van der Waals surface area contributed by atoms with Crippen molar-refractivity contribution in [2.45, 2.75) is 36.8 Å². The summed E-state index contributed by atoms with van der Waals surface area (Å²) in [5.74, 6) is 0.258. The number of carboxylic acid groups (broad SMARTS) is 1. The maximum absolute atomic E-state index is 10.7. The lowest BCUT2D eigenvalue weighted by Crippen LogP contribution is -2.10. The topological polar surface area (TPSA) is 50.4 Å². The highest BCUT2D eigenvalue weighted by Gasteiger charge is 2.13. The fourth-order valence-corrected chi connectivity index (χ4v) is 2.57. The SMILES string of the molecule is CC(C)(C)c1ccc(SCc2ccc(C(=O)O)o2)cc1. The third-order valence-corrected chi connectivity index (χ3v) is 4.01. The lowest BCUT2D eigenvalue weighted by molar-refractivity contribution is 0.0661. The molecule has 0 radical (unpaired) electrons. The van der Waals surface area contributed by atoms with Gasteiger partial charge in [-0.15, -0.1) is 11.8 Å². The van der Waals surface area contributed by atoms with Crippen LogP contribution in [0.3, 0.4) is 0 Å². The highest BCUT2D eigenvalue weighted by Crippen LogP contribution is 2.27. The molecule has 0 unspecified atom stereocenters. The summed E-state index contributed by atoms with van der Waals surface area (Å²) < 4.78 is 5.22. The first-order chi connectivity index (χ1) is 9.36. The van der Waals surface area contributed by atoms with Gasteiger partial charge in [0.25, 0.3) is 0 Å². The summed E-state index contributed by atoms with van der Waals surface area (Å²) in [5.41, 5.74) is 1.45. The van der Waals surface area contributed by atoms with Crippen molar-refractivity contribution in [2.24, 2.45) is 0 Å². The van der Waals surface area contributed by atoms with Gasteiger partial charge in [0, 0.05) is 4.90 Å². The zero-order valence-corrected chi connectivity index (χ0v) is 12.7. The summed E-state index contributed by atoms with van der Waals surface area (Å²) in [4.78, 5) is 11.9. The Morgan fingerprint density at radius 2 is 1.80 bits per heavy atom. The van der Waals surface area contributed by atoms with Crippen LogP contribution in [0.25, 0.3) is 0 Å². The van der Waals surface area contributed by atoms with E-state index < -0.39 is 5.97 Å². The van der Waals surface area contributed by atoms with Gasteiger partial charge in [-0.2, -0.15) is 0 Å². The predicted molar refractivity (Wildman–Crippen MR) is 80.4 cm³/mol. The Morgan fingerprint density at radius 3 is 2.30 bits per heavy atom.